The van der Waals surface area contributed by atoms with Crippen molar-refractivity contribution in [1.29, 1.82) is 0 Å². The Balaban J connectivity index is 0.819. The van der Waals surface area contributed by atoms with Gasteiger partial charge in [0.05, 0.1) is 12.2 Å². The minimum absolute atomic E-state index is 0.0156. The van der Waals surface area contributed by atoms with Gasteiger partial charge in [0.15, 0.2) is 5.78 Å². The van der Waals surface area contributed by atoms with Crippen molar-refractivity contribution in [3.8, 4) is 11.8 Å². The summed E-state index contributed by atoms with van der Waals surface area (Å²) in [7, 11) is 3.98. The first-order chi connectivity index (χ1) is 31.3. The number of rotatable bonds is 10. The van der Waals surface area contributed by atoms with Crippen LogP contribution in [0, 0.1) is 75.4 Å². The maximum absolute atomic E-state index is 13.7. The maximum atomic E-state index is 13.7. The molecule has 1 aromatic rings. The number of nitrogens with zero attached hydrogens (tertiary/aromatic N) is 2. The molecule has 66 heavy (non-hydrogen) atoms. The monoisotopic (exact) mass is 906 g/mol. The van der Waals surface area contributed by atoms with Crippen molar-refractivity contribution < 1.29 is 34.8 Å². The number of aliphatic carboxylic acids is 1. The van der Waals surface area contributed by atoms with E-state index in [0.29, 0.717) is 50.6 Å². The van der Waals surface area contributed by atoms with Gasteiger partial charge in [-0.2, -0.15) is 0 Å². The van der Waals surface area contributed by atoms with E-state index in [1.165, 1.54) is 22.3 Å². The summed E-state index contributed by atoms with van der Waals surface area (Å²) in [6.45, 7) is 12.1. The fourth-order valence-electron chi connectivity index (χ4n) is 17.1. The smallest absolute Gasteiger partial charge is 0.317 e. The molecule has 0 aliphatic heterocycles. The molecular weight excluding hydrogens is 827 g/mol. The van der Waals surface area contributed by atoms with Crippen molar-refractivity contribution in [2.45, 2.75) is 167 Å². The first-order valence-electron chi connectivity index (χ1n) is 25.9. The summed E-state index contributed by atoms with van der Waals surface area (Å²) < 4.78 is 0. The van der Waals surface area contributed by atoms with Crippen LogP contribution >= 0.6 is 0 Å². The van der Waals surface area contributed by atoms with Gasteiger partial charge in [-0.15, -0.1) is 5.92 Å². The second-order valence-corrected chi connectivity index (χ2v) is 23.6. The summed E-state index contributed by atoms with van der Waals surface area (Å²) >= 11 is 0. The summed E-state index contributed by atoms with van der Waals surface area (Å²) in [5, 5.41) is 48.6. The number of urea groups is 1. The van der Waals surface area contributed by atoms with Crippen molar-refractivity contribution >= 4 is 23.5 Å². The SMILES string of the molecule is CC#C[C@]1(O)CC[C@H]2[C@@H]3CCC4=CC(=O)CCC4=C3[C@@H](c3ccc(N(C)CCNC(=O)N(C)[C@@H]4CC[C@@]5(C)[C@@H](C4)C[C@@H](O)[C@@H]4[C@@H]5C[C@H](O)[C@]5(C)[C@@H]([C@H](C)CCC(=O)O)CC[C@@H]45)cc3)C[C@@]21C. The highest BCUT2D eigenvalue weighted by Gasteiger charge is 2.66. The lowest BCUT2D eigenvalue weighted by Gasteiger charge is -2.64. The zero-order valence-electron chi connectivity index (χ0n) is 41.0. The molecule has 16 atom stereocenters. The molecule has 10 heteroatoms. The van der Waals surface area contributed by atoms with Crippen LogP contribution in [0.15, 0.2) is 47.1 Å². The molecule has 8 aliphatic rings. The topological polar surface area (TPSA) is 151 Å². The summed E-state index contributed by atoms with van der Waals surface area (Å²) in [6, 6.07) is 8.90. The van der Waals surface area contributed by atoms with E-state index in [9.17, 15) is 34.8 Å². The number of hydrogen-bond acceptors (Lipinski definition) is 7. The van der Waals surface area contributed by atoms with Gasteiger partial charge in [0, 0.05) is 63.1 Å². The number of anilines is 1. The number of carbonyl (C=O) groups excluding carboxylic acids is 2. The van der Waals surface area contributed by atoms with Gasteiger partial charge < -0.3 is 35.5 Å². The van der Waals surface area contributed by atoms with Crippen LogP contribution < -0.4 is 10.2 Å². The van der Waals surface area contributed by atoms with E-state index < -0.39 is 23.8 Å². The van der Waals surface area contributed by atoms with Crippen LogP contribution in [0.25, 0.3) is 0 Å². The summed E-state index contributed by atoms with van der Waals surface area (Å²) in [5.74, 6) is 8.01. The van der Waals surface area contributed by atoms with Gasteiger partial charge in [-0.3, -0.25) is 9.59 Å². The predicted molar refractivity (Wildman–Crippen MR) is 257 cm³/mol. The molecule has 8 aliphatic carbocycles. The first-order valence-corrected chi connectivity index (χ1v) is 25.9. The Morgan fingerprint density at radius 2 is 1.68 bits per heavy atom. The Bertz CT molecular complexity index is 2190. The normalized spacial score (nSPS) is 41.6. The van der Waals surface area contributed by atoms with Gasteiger partial charge in [0.2, 0.25) is 0 Å². The van der Waals surface area contributed by atoms with Gasteiger partial charge >= 0.3 is 12.0 Å². The Morgan fingerprint density at radius 3 is 2.41 bits per heavy atom. The molecule has 0 saturated heterocycles. The lowest BCUT2D eigenvalue weighted by Crippen LogP contribution is -2.63. The Morgan fingerprint density at radius 1 is 0.924 bits per heavy atom. The van der Waals surface area contributed by atoms with Crippen molar-refractivity contribution in [2.75, 3.05) is 32.1 Å². The highest BCUT2D eigenvalue weighted by atomic mass is 16.4. The average molecular weight is 906 g/mol. The fraction of sp³-hybridized carbons (Fsp3) is 0.732. The van der Waals surface area contributed by atoms with E-state index in [2.05, 4.69) is 81.1 Å². The quantitative estimate of drug-likeness (QED) is 0.146. The molecule has 0 radical (unpaired) electrons. The highest BCUT2D eigenvalue weighted by Crippen LogP contribution is 2.69. The molecule has 360 valence electrons. The molecule has 5 N–H and O–H groups in total. The number of carboxylic acid groups (broad SMARTS) is 1. The number of likely N-dealkylation sites (N-methyl/N-ethyl adjacent to an activating group) is 1. The van der Waals surface area contributed by atoms with Gasteiger partial charge in [0.1, 0.15) is 5.60 Å². The van der Waals surface area contributed by atoms with Crippen molar-refractivity contribution in [3.63, 3.8) is 0 Å². The number of hydrogen-bond donors (Lipinski definition) is 5. The molecule has 0 bridgehead atoms. The van der Waals surface area contributed by atoms with Gasteiger partial charge in [-0.25, -0.2) is 4.79 Å². The van der Waals surface area contributed by atoms with E-state index >= 15 is 0 Å². The number of benzene rings is 1. The van der Waals surface area contributed by atoms with Gasteiger partial charge in [-0.05, 0) is 190 Å². The molecule has 10 nitrogen and oxygen atoms in total. The molecule has 6 fully saturated rings. The predicted octanol–water partition coefficient (Wildman–Crippen LogP) is 8.89. The van der Waals surface area contributed by atoms with Crippen LogP contribution in [0.4, 0.5) is 10.5 Å². The Hall–Kier alpha value is -3.65. The number of allylic oxidation sites excluding steroid dienone is 4. The van der Waals surface area contributed by atoms with Crippen LogP contribution in [0.5, 0.6) is 0 Å². The number of nitrogens with one attached hydrogen (secondary N) is 1. The second-order valence-electron chi connectivity index (χ2n) is 23.6. The fourth-order valence-corrected chi connectivity index (χ4v) is 17.1. The third kappa shape index (κ3) is 7.68. The Kier molecular flexibility index (Phi) is 12.7. The molecule has 0 unspecified atom stereocenters. The number of amides is 2. The van der Waals surface area contributed by atoms with Gasteiger partial charge in [0.25, 0.3) is 0 Å². The third-order valence-electron chi connectivity index (χ3n) is 20.9. The summed E-state index contributed by atoms with van der Waals surface area (Å²) in [5.41, 5.74) is 4.81. The number of carboxylic acids is 1. The molecule has 2 amide bonds. The highest BCUT2D eigenvalue weighted by molar-refractivity contribution is 5.93. The average Bonchev–Trinajstić information content (AvgIpc) is 3.78. The largest absolute Gasteiger partial charge is 0.481 e. The van der Waals surface area contributed by atoms with E-state index in [-0.39, 0.29) is 81.9 Å². The molecular formula is C56H79N3O7. The molecule has 6 saturated carbocycles. The number of ketones is 1. The van der Waals surface area contributed by atoms with Crippen molar-refractivity contribution in [2.24, 2.45) is 63.6 Å². The summed E-state index contributed by atoms with van der Waals surface area (Å²) in [4.78, 5) is 41.8. The van der Waals surface area contributed by atoms with Crippen molar-refractivity contribution in [3.05, 3.63) is 52.6 Å². The standard InChI is InChI=1S/C56H79N3O7/c1-8-23-56(66)25-22-44-41-16-12-35-28-39(60)15-17-40(35)50(41)42(32-54(44,56)4)34-10-13-37(14-11-34)58(6)27-26-57-52(65)59(7)38-21-24-53(3)36(29-38)30-47(61)51-45-19-18-43(33(2)9-20-49(63)64)55(45,5)48(62)31-46(51)53/h10-11,13-14,28,33,36,38,41-48,51,61-62,66H,9,12,15-22,24-27,29-32H2,1-7H3,(H,57,65)(H,63,64)/t33-,36+,38-,41+,42-,43-,44+,45+,46+,47-,48+,51+,53+,54+,55-,56+/m1/s1. The lowest BCUT2D eigenvalue weighted by molar-refractivity contribution is -0.204. The van der Waals surface area contributed by atoms with Crippen LogP contribution in [0.3, 0.4) is 0 Å². The van der Waals surface area contributed by atoms with Gasteiger partial charge in [-0.1, -0.05) is 51.3 Å². The third-order valence-corrected chi connectivity index (χ3v) is 20.9. The first kappa shape index (κ1) is 47.4. The molecule has 1 aromatic carbocycles. The molecule has 0 aromatic heterocycles. The zero-order valence-corrected chi connectivity index (χ0v) is 41.0. The number of aliphatic hydroxyl groups is 3. The number of fused-ring (bicyclic) bond motifs is 9. The van der Waals surface area contributed by atoms with E-state index in [0.717, 1.165) is 76.3 Å². The maximum Gasteiger partial charge on any atom is 0.317 e. The number of aliphatic hydroxyl groups excluding tert-OH is 2. The van der Waals surface area contributed by atoms with Crippen LogP contribution in [-0.2, 0) is 9.59 Å². The summed E-state index contributed by atoms with van der Waals surface area (Å²) in [6.07, 6.45) is 13.7. The number of carbonyl (C=O) groups is 3. The Labute approximate surface area is 394 Å². The van der Waals surface area contributed by atoms with E-state index in [1.54, 1.807) is 0 Å². The van der Waals surface area contributed by atoms with E-state index in [4.69, 9.17) is 0 Å². The molecule has 0 heterocycles. The molecule has 9 rings (SSSR count). The van der Waals surface area contributed by atoms with E-state index in [1.807, 2.05) is 24.9 Å². The van der Waals surface area contributed by atoms with Crippen LogP contribution in [0.1, 0.15) is 149 Å². The van der Waals surface area contributed by atoms with Crippen molar-refractivity contribution in [1.82, 2.24) is 10.2 Å². The lowest BCUT2D eigenvalue weighted by atomic mass is 9.43. The van der Waals surface area contributed by atoms with Crippen LogP contribution in [-0.4, -0.2) is 94.1 Å². The zero-order chi connectivity index (χ0) is 47.1. The minimum atomic E-state index is -1.01. The molecule has 0 spiro atoms. The minimum Gasteiger partial charge on any atom is -0.481 e. The van der Waals surface area contributed by atoms with Crippen LogP contribution in [0.2, 0.25) is 0 Å². The second kappa shape index (κ2) is 17.7.